The largest absolute Gasteiger partial charge is 0.476 e. The van der Waals surface area contributed by atoms with Gasteiger partial charge in [-0.15, -0.1) is 16.4 Å². The number of hydrogen-bond acceptors (Lipinski definition) is 5. The van der Waals surface area contributed by atoms with E-state index in [2.05, 4.69) is 10.3 Å². The molecule has 1 unspecified atom stereocenters. The summed E-state index contributed by atoms with van der Waals surface area (Å²) < 4.78 is 7.30. The molecular formula is C14H17N3O3S. The Bertz CT molecular complexity index is 603. The van der Waals surface area contributed by atoms with Crippen molar-refractivity contribution in [3.8, 4) is 10.6 Å². The average molecular weight is 307 g/mol. The number of carboxylic acid groups (broad SMARTS) is 1. The van der Waals surface area contributed by atoms with Crippen LogP contribution < -0.4 is 0 Å². The zero-order valence-electron chi connectivity index (χ0n) is 11.6. The Balaban J connectivity index is 1.73. The SMILES string of the molecule is O=C(O)c1nnn(CCCC2CCCO2)c1-c1cccs1. The van der Waals surface area contributed by atoms with E-state index in [-0.39, 0.29) is 5.69 Å². The maximum atomic E-state index is 11.3. The molecule has 112 valence electrons. The number of thiophene rings is 1. The van der Waals surface area contributed by atoms with Crippen molar-refractivity contribution in [2.24, 2.45) is 0 Å². The Kier molecular flexibility index (Phi) is 4.31. The molecule has 2 aromatic rings. The molecule has 1 aliphatic heterocycles. The highest BCUT2D eigenvalue weighted by molar-refractivity contribution is 7.13. The highest BCUT2D eigenvalue weighted by atomic mass is 32.1. The fourth-order valence-corrected chi connectivity index (χ4v) is 3.39. The third-order valence-electron chi connectivity index (χ3n) is 3.61. The summed E-state index contributed by atoms with van der Waals surface area (Å²) in [5.41, 5.74) is 0.624. The minimum absolute atomic E-state index is 0.0227. The first kappa shape index (κ1) is 14.2. The number of carbonyl (C=O) groups is 1. The first-order chi connectivity index (χ1) is 10.3. The van der Waals surface area contributed by atoms with Crippen LogP contribution in [0.25, 0.3) is 10.6 Å². The van der Waals surface area contributed by atoms with Crippen molar-refractivity contribution < 1.29 is 14.6 Å². The quantitative estimate of drug-likeness (QED) is 0.887. The van der Waals surface area contributed by atoms with Crippen LogP contribution >= 0.6 is 11.3 Å². The van der Waals surface area contributed by atoms with Crippen LogP contribution in [0, 0.1) is 0 Å². The fourth-order valence-electron chi connectivity index (χ4n) is 2.61. The van der Waals surface area contributed by atoms with Crippen LogP contribution in [0.5, 0.6) is 0 Å². The summed E-state index contributed by atoms with van der Waals surface area (Å²) in [6.45, 7) is 1.52. The van der Waals surface area contributed by atoms with Crippen LogP contribution in [0.2, 0.25) is 0 Å². The lowest BCUT2D eigenvalue weighted by molar-refractivity contribution is 0.0691. The van der Waals surface area contributed by atoms with Gasteiger partial charge in [-0.25, -0.2) is 9.48 Å². The number of nitrogens with zero attached hydrogens (tertiary/aromatic N) is 3. The van der Waals surface area contributed by atoms with Gasteiger partial charge in [0, 0.05) is 13.2 Å². The maximum absolute atomic E-state index is 11.3. The van der Waals surface area contributed by atoms with Gasteiger partial charge in [-0.2, -0.15) is 0 Å². The lowest BCUT2D eigenvalue weighted by Crippen LogP contribution is -2.09. The van der Waals surface area contributed by atoms with E-state index < -0.39 is 5.97 Å². The Morgan fingerprint density at radius 3 is 3.14 bits per heavy atom. The predicted octanol–water partition coefficient (Wildman–Crippen LogP) is 2.66. The third kappa shape index (κ3) is 3.14. The van der Waals surface area contributed by atoms with Gasteiger partial charge < -0.3 is 9.84 Å². The fraction of sp³-hybridized carbons (Fsp3) is 0.500. The normalized spacial score (nSPS) is 18.2. The summed E-state index contributed by atoms with van der Waals surface area (Å²) in [5.74, 6) is -1.04. The second-order valence-corrected chi connectivity index (χ2v) is 6.02. The number of ether oxygens (including phenoxy) is 1. The molecule has 0 amide bonds. The van der Waals surface area contributed by atoms with Crippen LogP contribution in [0.15, 0.2) is 17.5 Å². The number of aromatic carboxylic acids is 1. The summed E-state index contributed by atoms with van der Waals surface area (Å²) >= 11 is 1.50. The van der Waals surface area contributed by atoms with E-state index in [4.69, 9.17) is 4.74 Å². The van der Waals surface area contributed by atoms with Gasteiger partial charge >= 0.3 is 5.97 Å². The molecule has 1 atom stereocenters. The molecule has 7 heteroatoms. The molecule has 0 saturated carbocycles. The van der Waals surface area contributed by atoms with Crippen LogP contribution in [0.3, 0.4) is 0 Å². The molecule has 0 spiro atoms. The number of hydrogen-bond donors (Lipinski definition) is 1. The second kappa shape index (κ2) is 6.36. The highest BCUT2D eigenvalue weighted by Crippen LogP contribution is 2.27. The van der Waals surface area contributed by atoms with Gasteiger partial charge in [-0.05, 0) is 37.1 Å². The Morgan fingerprint density at radius 1 is 1.57 bits per heavy atom. The molecule has 6 nitrogen and oxygen atoms in total. The molecule has 2 aromatic heterocycles. The summed E-state index contributed by atoms with van der Waals surface area (Å²) in [5, 5.41) is 19.0. The van der Waals surface area contributed by atoms with Crippen molar-refractivity contribution in [1.29, 1.82) is 0 Å². The molecule has 1 fully saturated rings. The summed E-state index contributed by atoms with van der Waals surface area (Å²) in [6.07, 6.45) is 4.49. The molecule has 1 aliphatic rings. The van der Waals surface area contributed by atoms with E-state index in [0.29, 0.717) is 18.3 Å². The van der Waals surface area contributed by atoms with Crippen molar-refractivity contribution in [3.05, 3.63) is 23.2 Å². The Labute approximate surface area is 126 Å². The summed E-state index contributed by atoms with van der Waals surface area (Å²) in [4.78, 5) is 12.2. The van der Waals surface area contributed by atoms with Gasteiger partial charge in [0.2, 0.25) is 0 Å². The van der Waals surface area contributed by atoms with Gasteiger partial charge in [-0.3, -0.25) is 0 Å². The molecule has 3 rings (SSSR count). The molecule has 0 bridgehead atoms. The molecule has 0 aromatic carbocycles. The summed E-state index contributed by atoms with van der Waals surface area (Å²) in [7, 11) is 0. The van der Waals surface area contributed by atoms with Gasteiger partial charge in [-0.1, -0.05) is 11.3 Å². The van der Waals surface area contributed by atoms with Gasteiger partial charge in [0.15, 0.2) is 5.69 Å². The Morgan fingerprint density at radius 2 is 2.48 bits per heavy atom. The van der Waals surface area contributed by atoms with Crippen molar-refractivity contribution in [2.45, 2.75) is 38.3 Å². The molecule has 1 N–H and O–H groups in total. The van der Waals surface area contributed by atoms with Crippen molar-refractivity contribution in [1.82, 2.24) is 15.0 Å². The first-order valence-corrected chi connectivity index (χ1v) is 7.96. The van der Waals surface area contributed by atoms with Crippen molar-refractivity contribution in [3.63, 3.8) is 0 Å². The smallest absolute Gasteiger partial charge is 0.358 e. The minimum Gasteiger partial charge on any atom is -0.476 e. The van der Waals surface area contributed by atoms with Crippen molar-refractivity contribution in [2.75, 3.05) is 6.61 Å². The van der Waals surface area contributed by atoms with Gasteiger partial charge in [0.05, 0.1) is 11.0 Å². The zero-order chi connectivity index (χ0) is 14.7. The topological polar surface area (TPSA) is 77.2 Å². The van der Waals surface area contributed by atoms with E-state index in [9.17, 15) is 9.90 Å². The lowest BCUT2D eigenvalue weighted by Gasteiger charge is -2.09. The highest BCUT2D eigenvalue weighted by Gasteiger charge is 2.21. The van der Waals surface area contributed by atoms with Gasteiger partial charge in [0.25, 0.3) is 0 Å². The van der Waals surface area contributed by atoms with Gasteiger partial charge in [0.1, 0.15) is 5.69 Å². The van der Waals surface area contributed by atoms with Crippen LogP contribution in [-0.4, -0.2) is 38.8 Å². The predicted molar refractivity (Wildman–Crippen MR) is 78.5 cm³/mol. The van der Waals surface area contributed by atoms with E-state index >= 15 is 0 Å². The average Bonchev–Trinajstić information content (AvgIpc) is 3.20. The molecule has 1 saturated heterocycles. The first-order valence-electron chi connectivity index (χ1n) is 7.08. The number of carboxylic acids is 1. The third-order valence-corrected chi connectivity index (χ3v) is 4.49. The summed E-state index contributed by atoms with van der Waals surface area (Å²) in [6, 6.07) is 3.79. The zero-order valence-corrected chi connectivity index (χ0v) is 12.4. The number of rotatable bonds is 6. The van der Waals surface area contributed by atoms with Crippen molar-refractivity contribution >= 4 is 17.3 Å². The molecule has 0 radical (unpaired) electrons. The lowest BCUT2D eigenvalue weighted by atomic mass is 10.1. The number of aromatic nitrogens is 3. The minimum atomic E-state index is -1.04. The van der Waals surface area contributed by atoms with E-state index in [1.807, 2.05) is 17.5 Å². The molecular weight excluding hydrogens is 290 g/mol. The van der Waals surface area contributed by atoms with Crippen LogP contribution in [0.4, 0.5) is 0 Å². The second-order valence-electron chi connectivity index (χ2n) is 5.07. The van der Waals surface area contributed by atoms with E-state index in [1.54, 1.807) is 4.68 Å². The van der Waals surface area contributed by atoms with Crippen LogP contribution in [-0.2, 0) is 11.3 Å². The number of aryl methyl sites for hydroxylation is 1. The monoisotopic (exact) mass is 307 g/mol. The standard InChI is InChI=1S/C14H17N3O3S/c18-14(19)12-13(11-6-3-9-21-11)17(16-15-12)7-1-4-10-5-2-8-20-10/h3,6,9-10H,1-2,4-5,7-8H2,(H,18,19). The van der Waals surface area contributed by atoms with E-state index in [1.165, 1.54) is 11.3 Å². The molecule has 3 heterocycles. The molecule has 0 aliphatic carbocycles. The van der Waals surface area contributed by atoms with Crippen LogP contribution in [0.1, 0.15) is 36.2 Å². The molecule has 21 heavy (non-hydrogen) atoms. The Hall–Kier alpha value is -1.73. The van der Waals surface area contributed by atoms with E-state index in [0.717, 1.165) is 37.2 Å². The maximum Gasteiger partial charge on any atom is 0.358 e.